The first kappa shape index (κ1) is 14.6. The number of nitrogens with one attached hydrogen (secondary N) is 2. The average molecular weight is 277 g/mol. The topological polar surface area (TPSA) is 121 Å². The van der Waals surface area contributed by atoms with E-state index >= 15 is 0 Å². The van der Waals surface area contributed by atoms with Crippen molar-refractivity contribution in [3.8, 4) is 0 Å². The summed E-state index contributed by atoms with van der Waals surface area (Å²) in [5, 5.41) is 13.9. The second kappa shape index (κ2) is 5.94. The first-order valence-electron chi connectivity index (χ1n) is 5.25. The third kappa shape index (κ3) is 3.52. The molecule has 0 amide bonds. The highest BCUT2D eigenvalue weighted by Gasteiger charge is 2.26. The Labute approximate surface area is 104 Å². The number of carbonyl (C=O) groups is 1. The Morgan fingerprint density at radius 3 is 2.89 bits per heavy atom. The highest BCUT2D eigenvalue weighted by Crippen LogP contribution is 2.12. The molecule has 0 bridgehead atoms. The molecule has 0 spiro atoms. The van der Waals surface area contributed by atoms with Crippen LogP contribution in [0.3, 0.4) is 0 Å². The summed E-state index contributed by atoms with van der Waals surface area (Å²) in [5.74, 6) is -1.36. The number of ether oxygens (including phenoxy) is 1. The van der Waals surface area contributed by atoms with Crippen LogP contribution in [-0.4, -0.2) is 48.9 Å². The lowest BCUT2D eigenvalue weighted by molar-refractivity contribution is 0.0692. The quantitative estimate of drug-likeness (QED) is 0.635. The fourth-order valence-electron chi connectivity index (χ4n) is 1.28. The molecule has 3 N–H and O–H groups in total. The second-order valence-electron chi connectivity index (χ2n) is 3.60. The molecule has 0 aromatic carbocycles. The molecule has 1 aromatic rings. The van der Waals surface area contributed by atoms with Crippen molar-refractivity contribution in [2.24, 2.45) is 0 Å². The van der Waals surface area contributed by atoms with Gasteiger partial charge in [0.05, 0.1) is 12.8 Å². The first-order chi connectivity index (χ1) is 8.38. The summed E-state index contributed by atoms with van der Waals surface area (Å²) in [6, 6.07) is -0.472. The van der Waals surface area contributed by atoms with Crippen LogP contribution in [0.1, 0.15) is 24.2 Å². The molecule has 0 saturated carbocycles. The number of carboxylic acid groups (broad SMARTS) is 1. The lowest BCUT2D eigenvalue weighted by Gasteiger charge is -2.13. The van der Waals surface area contributed by atoms with Gasteiger partial charge in [0.25, 0.3) is 10.0 Å². The number of hydrogen-bond donors (Lipinski definition) is 3. The molecular formula is C9H15N3O5S. The minimum atomic E-state index is -3.95. The van der Waals surface area contributed by atoms with Gasteiger partial charge in [-0.1, -0.05) is 0 Å². The zero-order valence-electron chi connectivity index (χ0n) is 10.0. The third-order valence-electron chi connectivity index (χ3n) is 2.03. The minimum Gasteiger partial charge on any atom is -0.478 e. The number of hydrogen-bond acceptors (Lipinski definition) is 5. The van der Waals surface area contributed by atoms with Gasteiger partial charge in [-0.25, -0.2) is 17.9 Å². The van der Waals surface area contributed by atoms with Crippen molar-refractivity contribution in [1.82, 2.24) is 14.9 Å². The summed E-state index contributed by atoms with van der Waals surface area (Å²) < 4.78 is 31.2. The molecule has 1 aromatic heterocycles. The molecular weight excluding hydrogens is 262 g/mol. The van der Waals surface area contributed by atoms with Crippen LogP contribution in [0, 0.1) is 0 Å². The van der Waals surface area contributed by atoms with Gasteiger partial charge in [-0.2, -0.15) is 5.10 Å². The van der Waals surface area contributed by atoms with Gasteiger partial charge in [-0.05, 0) is 13.8 Å². The Kier molecular flexibility index (Phi) is 4.82. The zero-order chi connectivity index (χ0) is 13.8. The molecule has 102 valence electrons. The normalized spacial score (nSPS) is 13.4. The van der Waals surface area contributed by atoms with E-state index in [1.54, 1.807) is 13.8 Å². The number of sulfonamides is 1. The van der Waals surface area contributed by atoms with Crippen LogP contribution in [0.25, 0.3) is 0 Å². The number of aromatic carboxylic acids is 1. The summed E-state index contributed by atoms with van der Waals surface area (Å²) in [4.78, 5) is 10.8. The molecule has 1 unspecified atom stereocenters. The van der Waals surface area contributed by atoms with Gasteiger partial charge < -0.3 is 9.84 Å². The van der Waals surface area contributed by atoms with Crippen LogP contribution in [0.4, 0.5) is 0 Å². The molecule has 1 heterocycles. The fraction of sp³-hybridized carbons (Fsp3) is 0.556. The molecule has 18 heavy (non-hydrogen) atoms. The molecule has 9 heteroatoms. The summed E-state index contributed by atoms with van der Waals surface area (Å²) in [6.45, 7) is 4.07. The average Bonchev–Trinajstić information content (AvgIpc) is 2.75. The van der Waals surface area contributed by atoms with Crippen molar-refractivity contribution in [2.75, 3.05) is 13.2 Å². The molecule has 1 rings (SSSR count). The lowest BCUT2D eigenvalue weighted by atomic mass is 10.4. The van der Waals surface area contributed by atoms with Gasteiger partial charge in [0.15, 0.2) is 5.03 Å². The van der Waals surface area contributed by atoms with Crippen molar-refractivity contribution >= 4 is 16.0 Å². The molecule has 0 fully saturated rings. The van der Waals surface area contributed by atoms with E-state index < -0.39 is 32.6 Å². The summed E-state index contributed by atoms with van der Waals surface area (Å²) in [5.41, 5.74) is -0.397. The van der Waals surface area contributed by atoms with Crippen LogP contribution in [0.15, 0.2) is 11.2 Å². The highest BCUT2D eigenvalue weighted by atomic mass is 32.2. The van der Waals surface area contributed by atoms with Crippen LogP contribution in [0.2, 0.25) is 0 Å². The van der Waals surface area contributed by atoms with Gasteiger partial charge in [0.2, 0.25) is 0 Å². The van der Waals surface area contributed by atoms with E-state index in [1.807, 2.05) is 0 Å². The Morgan fingerprint density at radius 1 is 1.67 bits per heavy atom. The maximum atomic E-state index is 11.9. The van der Waals surface area contributed by atoms with Crippen molar-refractivity contribution in [3.05, 3.63) is 11.8 Å². The molecule has 0 saturated heterocycles. The third-order valence-corrected chi connectivity index (χ3v) is 3.59. The van der Waals surface area contributed by atoms with Gasteiger partial charge in [0.1, 0.15) is 5.56 Å². The number of aromatic nitrogens is 2. The van der Waals surface area contributed by atoms with Gasteiger partial charge in [-0.15, -0.1) is 0 Å². The maximum absolute atomic E-state index is 11.9. The van der Waals surface area contributed by atoms with E-state index in [2.05, 4.69) is 14.9 Å². The number of H-pyrrole nitrogens is 1. The fourth-order valence-corrected chi connectivity index (χ4v) is 2.60. The minimum absolute atomic E-state index is 0.201. The van der Waals surface area contributed by atoms with Crippen LogP contribution in [0.5, 0.6) is 0 Å². The molecule has 0 aliphatic carbocycles. The van der Waals surface area contributed by atoms with Gasteiger partial charge >= 0.3 is 5.97 Å². The van der Waals surface area contributed by atoms with Gasteiger partial charge in [-0.3, -0.25) is 5.10 Å². The second-order valence-corrected chi connectivity index (χ2v) is 5.25. The van der Waals surface area contributed by atoms with E-state index in [-0.39, 0.29) is 6.61 Å². The predicted molar refractivity (Wildman–Crippen MR) is 61.8 cm³/mol. The first-order valence-corrected chi connectivity index (χ1v) is 6.73. The standard InChI is InChI=1S/C9H15N3O5S/c1-3-17-5-6(2)12-18(15,16)8-7(9(13)14)4-10-11-8/h4,6,12H,3,5H2,1-2H3,(H,10,11)(H,13,14). The lowest BCUT2D eigenvalue weighted by Crippen LogP contribution is -2.36. The smallest absolute Gasteiger partial charge is 0.340 e. The Hall–Kier alpha value is -1.45. The number of nitrogens with zero attached hydrogens (tertiary/aromatic N) is 1. The number of rotatable bonds is 7. The SMILES string of the molecule is CCOCC(C)NS(=O)(=O)c1[nH]ncc1C(=O)O. The van der Waals surface area contributed by atoms with Crippen LogP contribution >= 0.6 is 0 Å². The predicted octanol–water partition coefficient (Wildman–Crippen LogP) is -0.189. The largest absolute Gasteiger partial charge is 0.478 e. The van der Waals surface area contributed by atoms with Crippen LogP contribution in [-0.2, 0) is 14.8 Å². The Balaban J connectivity index is 2.86. The van der Waals surface area contributed by atoms with E-state index in [0.717, 1.165) is 6.20 Å². The molecule has 0 aliphatic rings. The van der Waals surface area contributed by atoms with Crippen molar-refractivity contribution in [2.45, 2.75) is 24.9 Å². The number of carboxylic acids is 1. The highest BCUT2D eigenvalue weighted by molar-refractivity contribution is 7.89. The monoisotopic (exact) mass is 277 g/mol. The summed E-state index contributed by atoms with van der Waals surface area (Å²) in [6.07, 6.45) is 0.949. The molecule has 0 aliphatic heterocycles. The van der Waals surface area contributed by atoms with E-state index in [1.165, 1.54) is 0 Å². The Bertz CT molecular complexity index is 510. The van der Waals surface area contributed by atoms with E-state index in [0.29, 0.717) is 6.61 Å². The maximum Gasteiger partial charge on any atom is 0.340 e. The molecule has 0 radical (unpaired) electrons. The van der Waals surface area contributed by atoms with Crippen molar-refractivity contribution in [3.63, 3.8) is 0 Å². The van der Waals surface area contributed by atoms with Crippen molar-refractivity contribution < 1.29 is 23.1 Å². The van der Waals surface area contributed by atoms with E-state index in [4.69, 9.17) is 9.84 Å². The summed E-state index contributed by atoms with van der Waals surface area (Å²) in [7, 11) is -3.95. The molecule has 8 nitrogen and oxygen atoms in total. The Morgan fingerprint density at radius 2 is 2.33 bits per heavy atom. The number of aromatic amines is 1. The zero-order valence-corrected chi connectivity index (χ0v) is 10.8. The molecule has 1 atom stereocenters. The summed E-state index contributed by atoms with van der Waals surface area (Å²) >= 11 is 0. The van der Waals surface area contributed by atoms with Crippen molar-refractivity contribution in [1.29, 1.82) is 0 Å². The van der Waals surface area contributed by atoms with E-state index in [9.17, 15) is 13.2 Å². The van der Waals surface area contributed by atoms with Crippen LogP contribution < -0.4 is 4.72 Å². The van der Waals surface area contributed by atoms with Gasteiger partial charge in [0, 0.05) is 12.6 Å².